The number of urea groups is 1. The average molecular weight is 293 g/mol. The number of anilines is 1. The molecule has 0 unspecified atom stereocenters. The summed E-state index contributed by atoms with van der Waals surface area (Å²) in [6, 6.07) is 7.29. The van der Waals surface area contributed by atoms with Gasteiger partial charge in [0.1, 0.15) is 5.75 Å². The van der Waals surface area contributed by atoms with E-state index in [1.165, 1.54) is 0 Å². The summed E-state index contributed by atoms with van der Waals surface area (Å²) < 4.78 is 5.37. The third-order valence-electron chi connectivity index (χ3n) is 3.49. The first-order valence-corrected chi connectivity index (χ1v) is 7.35. The van der Waals surface area contributed by atoms with Crippen LogP contribution in [0.5, 0.6) is 5.75 Å². The Morgan fingerprint density at radius 1 is 1.24 bits per heavy atom. The van der Waals surface area contributed by atoms with Crippen LogP contribution in [0.25, 0.3) is 0 Å². The van der Waals surface area contributed by atoms with Crippen LogP contribution < -0.4 is 10.1 Å². The number of benzene rings is 1. The molecular formula is C15H23N3O3. The maximum Gasteiger partial charge on any atom is 0.321 e. The van der Waals surface area contributed by atoms with Crippen molar-refractivity contribution in [2.75, 3.05) is 51.3 Å². The van der Waals surface area contributed by atoms with Crippen LogP contribution in [-0.2, 0) is 0 Å². The van der Waals surface area contributed by atoms with Gasteiger partial charge >= 0.3 is 6.03 Å². The van der Waals surface area contributed by atoms with Crippen molar-refractivity contribution in [1.29, 1.82) is 0 Å². The molecule has 2 N–H and O–H groups in total. The van der Waals surface area contributed by atoms with Crippen molar-refractivity contribution in [3.63, 3.8) is 0 Å². The van der Waals surface area contributed by atoms with Crippen LogP contribution in [0.2, 0.25) is 0 Å². The van der Waals surface area contributed by atoms with Gasteiger partial charge in [0, 0.05) is 38.4 Å². The van der Waals surface area contributed by atoms with Crippen LogP contribution in [0.1, 0.15) is 6.92 Å². The molecule has 1 aliphatic heterocycles. The molecule has 1 saturated heterocycles. The second-order valence-electron chi connectivity index (χ2n) is 4.94. The number of hydrogen-bond acceptors (Lipinski definition) is 4. The van der Waals surface area contributed by atoms with Crippen LogP contribution in [0.3, 0.4) is 0 Å². The summed E-state index contributed by atoms with van der Waals surface area (Å²) in [5, 5.41) is 11.8. The average Bonchev–Trinajstić information content (AvgIpc) is 2.50. The Morgan fingerprint density at radius 3 is 2.48 bits per heavy atom. The number of carbonyl (C=O) groups excluding carboxylic acids is 1. The zero-order valence-electron chi connectivity index (χ0n) is 12.4. The van der Waals surface area contributed by atoms with E-state index >= 15 is 0 Å². The standard InChI is InChI=1S/C15H23N3O3/c1-2-21-14-5-3-13(4-6-14)16-15(20)18-9-7-17(8-10-18)11-12-19/h3-6,19H,2,7-12H2,1H3,(H,16,20). The first kappa shape index (κ1) is 15.6. The Morgan fingerprint density at radius 2 is 1.90 bits per heavy atom. The lowest BCUT2D eigenvalue weighted by Gasteiger charge is -2.34. The van der Waals surface area contributed by atoms with Crippen molar-refractivity contribution in [1.82, 2.24) is 9.80 Å². The van der Waals surface area contributed by atoms with Crippen LogP contribution in [-0.4, -0.2) is 66.9 Å². The van der Waals surface area contributed by atoms with E-state index in [1.807, 2.05) is 31.2 Å². The van der Waals surface area contributed by atoms with Crippen molar-refractivity contribution in [2.24, 2.45) is 0 Å². The van der Waals surface area contributed by atoms with Gasteiger partial charge in [-0.2, -0.15) is 0 Å². The van der Waals surface area contributed by atoms with Crippen LogP contribution >= 0.6 is 0 Å². The zero-order chi connectivity index (χ0) is 15.1. The lowest BCUT2D eigenvalue weighted by atomic mass is 10.3. The third kappa shape index (κ3) is 4.61. The minimum atomic E-state index is -0.0807. The van der Waals surface area contributed by atoms with Gasteiger partial charge in [-0.05, 0) is 31.2 Å². The van der Waals surface area contributed by atoms with E-state index in [0.717, 1.165) is 24.5 Å². The van der Waals surface area contributed by atoms with E-state index in [2.05, 4.69) is 10.2 Å². The highest BCUT2D eigenvalue weighted by molar-refractivity contribution is 5.89. The highest BCUT2D eigenvalue weighted by atomic mass is 16.5. The molecule has 21 heavy (non-hydrogen) atoms. The fourth-order valence-corrected chi connectivity index (χ4v) is 2.32. The first-order chi connectivity index (χ1) is 10.2. The van der Waals surface area contributed by atoms with E-state index in [4.69, 9.17) is 9.84 Å². The highest BCUT2D eigenvalue weighted by Gasteiger charge is 2.20. The molecule has 1 fully saturated rings. The van der Waals surface area contributed by atoms with Crippen LogP contribution in [0, 0.1) is 0 Å². The Bertz CT molecular complexity index is 442. The molecule has 6 nitrogen and oxygen atoms in total. The number of rotatable bonds is 5. The van der Waals surface area contributed by atoms with E-state index in [1.54, 1.807) is 4.90 Å². The summed E-state index contributed by atoms with van der Waals surface area (Å²) in [6.45, 7) is 6.38. The van der Waals surface area contributed by atoms with Gasteiger partial charge in [0.25, 0.3) is 0 Å². The topological polar surface area (TPSA) is 65.0 Å². The number of piperazine rings is 1. The van der Waals surface area contributed by atoms with Gasteiger partial charge in [-0.1, -0.05) is 0 Å². The van der Waals surface area contributed by atoms with E-state index in [9.17, 15) is 4.79 Å². The number of amides is 2. The molecule has 2 rings (SSSR count). The van der Waals surface area contributed by atoms with Gasteiger partial charge in [-0.15, -0.1) is 0 Å². The maximum absolute atomic E-state index is 12.2. The SMILES string of the molecule is CCOc1ccc(NC(=O)N2CCN(CCO)CC2)cc1. The Labute approximate surface area is 125 Å². The van der Waals surface area contributed by atoms with Gasteiger partial charge in [0.2, 0.25) is 0 Å². The summed E-state index contributed by atoms with van der Waals surface area (Å²) in [5.41, 5.74) is 0.765. The van der Waals surface area contributed by atoms with Crippen LogP contribution in [0.15, 0.2) is 24.3 Å². The number of aliphatic hydroxyl groups is 1. The molecule has 0 radical (unpaired) electrons. The minimum Gasteiger partial charge on any atom is -0.494 e. The summed E-state index contributed by atoms with van der Waals surface area (Å²) in [5.74, 6) is 0.799. The van der Waals surface area contributed by atoms with Gasteiger partial charge in [-0.25, -0.2) is 4.79 Å². The molecule has 0 aliphatic carbocycles. The molecule has 1 heterocycles. The normalized spacial score (nSPS) is 15.8. The van der Waals surface area contributed by atoms with Crippen molar-refractivity contribution in [3.8, 4) is 5.75 Å². The Balaban J connectivity index is 1.81. The number of nitrogens with one attached hydrogen (secondary N) is 1. The molecule has 0 aromatic heterocycles. The molecule has 1 aromatic rings. The summed E-state index contributed by atoms with van der Waals surface area (Å²) in [4.78, 5) is 16.1. The number of carbonyl (C=O) groups is 1. The van der Waals surface area contributed by atoms with Crippen molar-refractivity contribution in [3.05, 3.63) is 24.3 Å². The molecule has 2 amide bonds. The van der Waals surface area contributed by atoms with Gasteiger partial charge < -0.3 is 20.1 Å². The van der Waals surface area contributed by atoms with Gasteiger partial charge in [0.15, 0.2) is 0 Å². The lowest BCUT2D eigenvalue weighted by Crippen LogP contribution is -2.50. The van der Waals surface area contributed by atoms with Crippen molar-refractivity contribution < 1.29 is 14.6 Å². The number of ether oxygens (including phenoxy) is 1. The maximum atomic E-state index is 12.2. The lowest BCUT2D eigenvalue weighted by molar-refractivity contribution is 0.127. The molecule has 0 saturated carbocycles. The Kier molecular flexibility index (Phi) is 5.83. The largest absolute Gasteiger partial charge is 0.494 e. The third-order valence-corrected chi connectivity index (χ3v) is 3.49. The minimum absolute atomic E-state index is 0.0807. The van der Waals surface area contributed by atoms with E-state index < -0.39 is 0 Å². The number of aliphatic hydroxyl groups excluding tert-OH is 1. The van der Waals surface area contributed by atoms with E-state index in [-0.39, 0.29) is 12.6 Å². The highest BCUT2D eigenvalue weighted by Crippen LogP contribution is 2.16. The molecular weight excluding hydrogens is 270 g/mol. The molecule has 1 aromatic carbocycles. The zero-order valence-corrected chi connectivity index (χ0v) is 12.4. The predicted molar refractivity (Wildman–Crippen MR) is 81.7 cm³/mol. The second kappa shape index (κ2) is 7.85. The molecule has 0 atom stereocenters. The summed E-state index contributed by atoms with van der Waals surface area (Å²) in [7, 11) is 0. The first-order valence-electron chi connectivity index (χ1n) is 7.35. The molecule has 0 spiro atoms. The Hall–Kier alpha value is -1.79. The van der Waals surface area contributed by atoms with Crippen molar-refractivity contribution in [2.45, 2.75) is 6.92 Å². The van der Waals surface area contributed by atoms with E-state index in [0.29, 0.717) is 26.2 Å². The monoisotopic (exact) mass is 293 g/mol. The van der Waals surface area contributed by atoms with Crippen molar-refractivity contribution >= 4 is 11.7 Å². The smallest absolute Gasteiger partial charge is 0.321 e. The molecule has 6 heteroatoms. The second-order valence-corrected chi connectivity index (χ2v) is 4.94. The van der Waals surface area contributed by atoms with Crippen LogP contribution in [0.4, 0.5) is 10.5 Å². The quantitative estimate of drug-likeness (QED) is 0.857. The summed E-state index contributed by atoms with van der Waals surface area (Å²) >= 11 is 0. The molecule has 1 aliphatic rings. The number of nitrogens with zero attached hydrogens (tertiary/aromatic N) is 2. The van der Waals surface area contributed by atoms with Gasteiger partial charge in [0.05, 0.1) is 13.2 Å². The number of hydrogen-bond donors (Lipinski definition) is 2. The molecule has 0 bridgehead atoms. The summed E-state index contributed by atoms with van der Waals surface area (Å²) in [6.07, 6.45) is 0. The number of β-amino-alcohol motifs (C(OH)–C–C–N with tert-alkyl or cyclic N) is 1. The van der Waals surface area contributed by atoms with Gasteiger partial charge in [-0.3, -0.25) is 4.90 Å². The molecule has 116 valence electrons. The predicted octanol–water partition coefficient (Wildman–Crippen LogP) is 1.23. The fourth-order valence-electron chi connectivity index (χ4n) is 2.32. The fraction of sp³-hybridized carbons (Fsp3) is 0.533.